The van der Waals surface area contributed by atoms with Crippen LogP contribution < -0.4 is 21.7 Å². The van der Waals surface area contributed by atoms with Crippen molar-refractivity contribution in [3.63, 3.8) is 0 Å². The van der Waals surface area contributed by atoms with E-state index >= 15 is 0 Å². The molecule has 1 heterocycles. The van der Waals surface area contributed by atoms with Crippen molar-refractivity contribution < 1.29 is 28.7 Å². The van der Waals surface area contributed by atoms with Crippen molar-refractivity contribution in [3.8, 4) is 0 Å². The molecule has 248 valence electrons. The number of Topliss-reactive ketones (excluding diaryl/α,β-unsaturated/α-hetero) is 1. The number of urea groups is 1. The van der Waals surface area contributed by atoms with Crippen LogP contribution in [-0.4, -0.2) is 78.9 Å². The summed E-state index contributed by atoms with van der Waals surface area (Å²) < 4.78 is 5.36. The van der Waals surface area contributed by atoms with E-state index in [1.165, 1.54) is 0 Å². The Balaban J connectivity index is 1.59. The summed E-state index contributed by atoms with van der Waals surface area (Å²) in [5.74, 6) is -2.28. The van der Waals surface area contributed by atoms with Gasteiger partial charge < -0.3 is 31.3 Å². The lowest BCUT2D eigenvalue weighted by Gasteiger charge is -2.43. The zero-order chi connectivity index (χ0) is 32.6. The molecule has 0 aromatic carbocycles. The summed E-state index contributed by atoms with van der Waals surface area (Å²) in [6.45, 7) is 13.0. The first-order valence-corrected chi connectivity index (χ1v) is 16.5. The predicted octanol–water partition coefficient (Wildman–Crippen LogP) is 2.90. The Morgan fingerprint density at radius 2 is 1.59 bits per heavy atom. The molecule has 44 heavy (non-hydrogen) atoms. The number of fused-ring (bicyclic) bond motifs is 1. The van der Waals surface area contributed by atoms with E-state index in [1.807, 2.05) is 20.8 Å². The number of nitrogens with one attached hydrogen (secondary N) is 3. The molecule has 4 rings (SSSR count). The third kappa shape index (κ3) is 7.07. The van der Waals surface area contributed by atoms with E-state index in [9.17, 15) is 24.0 Å². The lowest BCUT2D eigenvalue weighted by molar-refractivity contribution is -0.146. The van der Waals surface area contributed by atoms with Crippen molar-refractivity contribution in [2.24, 2.45) is 39.7 Å². The van der Waals surface area contributed by atoms with Gasteiger partial charge in [0.1, 0.15) is 12.1 Å². The maximum Gasteiger partial charge on any atom is 0.315 e. The van der Waals surface area contributed by atoms with Crippen LogP contribution in [0.15, 0.2) is 0 Å². The highest BCUT2D eigenvalue weighted by Gasteiger charge is 2.70. The maximum atomic E-state index is 14.6. The second-order valence-corrected chi connectivity index (χ2v) is 15.9. The highest BCUT2D eigenvalue weighted by atomic mass is 16.5. The molecule has 4 aliphatic rings. The molecule has 0 aromatic rings. The molecule has 5 amide bonds. The molecule has 1 saturated heterocycles. The molecule has 0 spiro atoms. The average molecular weight is 618 g/mol. The summed E-state index contributed by atoms with van der Waals surface area (Å²) in [6.07, 6.45) is 7.86. The lowest BCUT2D eigenvalue weighted by atomic mass is 9.70. The molecule has 0 radical (unpaired) electrons. The number of nitrogens with two attached hydrogens (primary N) is 1. The highest BCUT2D eigenvalue weighted by Crippen LogP contribution is 2.65. The third-order valence-electron chi connectivity index (χ3n) is 11.3. The number of carbonyl (C=O) groups excluding carboxylic acids is 5. The number of carbonyl (C=O) groups is 5. The summed E-state index contributed by atoms with van der Waals surface area (Å²) in [6, 6.07) is -3.36. The zero-order valence-electron chi connectivity index (χ0n) is 27.8. The number of nitrogens with zero attached hydrogens (tertiary/aromatic N) is 1. The van der Waals surface area contributed by atoms with Gasteiger partial charge in [-0.1, -0.05) is 80.1 Å². The van der Waals surface area contributed by atoms with E-state index in [4.69, 9.17) is 10.5 Å². The minimum absolute atomic E-state index is 0.0832. The molecular weight excluding hydrogens is 562 g/mol. The lowest BCUT2D eigenvalue weighted by Crippen LogP contribution is -2.63. The molecule has 11 heteroatoms. The first kappa shape index (κ1) is 34.2. The van der Waals surface area contributed by atoms with E-state index in [2.05, 4.69) is 36.7 Å². The summed E-state index contributed by atoms with van der Waals surface area (Å²) >= 11 is 0. The summed E-state index contributed by atoms with van der Waals surface area (Å²) in [4.78, 5) is 68.3. The van der Waals surface area contributed by atoms with Gasteiger partial charge in [0.25, 0.3) is 5.91 Å². The van der Waals surface area contributed by atoms with Crippen LogP contribution in [-0.2, 0) is 23.9 Å². The summed E-state index contributed by atoms with van der Waals surface area (Å²) in [5, 5.41) is 8.92. The van der Waals surface area contributed by atoms with Gasteiger partial charge in [-0.3, -0.25) is 19.2 Å². The van der Waals surface area contributed by atoms with Gasteiger partial charge in [-0.15, -0.1) is 0 Å². The van der Waals surface area contributed by atoms with Gasteiger partial charge in [-0.05, 0) is 53.3 Å². The molecule has 4 unspecified atom stereocenters. The van der Waals surface area contributed by atoms with Gasteiger partial charge >= 0.3 is 6.03 Å². The summed E-state index contributed by atoms with van der Waals surface area (Å²) in [7, 11) is 1.59. The molecule has 5 N–H and O–H groups in total. The first-order chi connectivity index (χ1) is 20.5. The molecular formula is C33H55N5O6. The molecule has 0 aromatic heterocycles. The maximum absolute atomic E-state index is 14.6. The standard InChI is InChI=1S/C33H55N5O6/c1-31(2,3)22(18-44-7)36-30(43)37-26(33(6)14-9-8-10-15-33)29(42)38-17-20-23(32(20,4)5)24(38)28(41)35-21(25(39)27(34)40)16-19-12-11-13-19/h19-24,26H,8-18H2,1-7H3,(H2,34,40)(H,35,41)(H2,36,37,43)/t20-,21?,22?,23-,24?,26?/m0/s1. The second kappa shape index (κ2) is 13.0. The second-order valence-electron chi connectivity index (χ2n) is 15.9. The Morgan fingerprint density at radius 3 is 2.11 bits per heavy atom. The van der Waals surface area contributed by atoms with Gasteiger partial charge in [0, 0.05) is 13.7 Å². The molecule has 0 bridgehead atoms. The van der Waals surface area contributed by atoms with Gasteiger partial charge in [0.2, 0.25) is 17.6 Å². The average Bonchev–Trinajstić information content (AvgIpc) is 3.24. The van der Waals surface area contributed by atoms with Gasteiger partial charge in [-0.2, -0.15) is 0 Å². The van der Waals surface area contributed by atoms with Crippen LogP contribution in [0.4, 0.5) is 4.79 Å². The largest absolute Gasteiger partial charge is 0.383 e. The topological polar surface area (TPSA) is 160 Å². The van der Waals surface area contributed by atoms with Crippen molar-refractivity contribution in [1.82, 2.24) is 20.9 Å². The highest BCUT2D eigenvalue weighted by molar-refractivity contribution is 6.37. The minimum atomic E-state index is -1.07. The first-order valence-electron chi connectivity index (χ1n) is 16.5. The fourth-order valence-electron chi connectivity index (χ4n) is 7.89. The Labute approximate surface area is 262 Å². The Hall–Kier alpha value is -2.69. The van der Waals surface area contributed by atoms with Crippen LogP contribution in [0.3, 0.4) is 0 Å². The molecule has 11 nitrogen and oxygen atoms in total. The molecule has 6 atom stereocenters. The molecule has 1 aliphatic heterocycles. The summed E-state index contributed by atoms with van der Waals surface area (Å²) in [5.41, 5.74) is 4.46. The van der Waals surface area contributed by atoms with Gasteiger partial charge in [0.05, 0.1) is 18.7 Å². The van der Waals surface area contributed by atoms with Crippen LogP contribution in [0.5, 0.6) is 0 Å². The van der Waals surface area contributed by atoms with Crippen LogP contribution in [0.1, 0.15) is 99.3 Å². The number of ketones is 1. The number of primary amides is 1. The minimum Gasteiger partial charge on any atom is -0.383 e. The normalized spacial score (nSPS) is 27.6. The number of ether oxygens (including phenoxy) is 1. The zero-order valence-corrected chi connectivity index (χ0v) is 27.8. The number of likely N-dealkylation sites (tertiary alicyclic amines) is 1. The number of amides is 5. The molecule has 4 fully saturated rings. The van der Waals surface area contributed by atoms with E-state index in [-0.39, 0.29) is 40.5 Å². The van der Waals surface area contributed by atoms with Gasteiger partial charge in [0.15, 0.2) is 0 Å². The van der Waals surface area contributed by atoms with Crippen LogP contribution in [0, 0.1) is 34.0 Å². The van der Waals surface area contributed by atoms with Crippen LogP contribution in [0.2, 0.25) is 0 Å². The van der Waals surface area contributed by atoms with Crippen molar-refractivity contribution in [3.05, 3.63) is 0 Å². The van der Waals surface area contributed by atoms with Crippen molar-refractivity contribution in [2.75, 3.05) is 20.3 Å². The number of piperidine rings is 1. The van der Waals surface area contributed by atoms with Crippen LogP contribution in [0.25, 0.3) is 0 Å². The predicted molar refractivity (Wildman–Crippen MR) is 166 cm³/mol. The third-order valence-corrected chi connectivity index (χ3v) is 11.3. The van der Waals surface area contributed by atoms with E-state index in [1.54, 1.807) is 12.0 Å². The van der Waals surface area contributed by atoms with Gasteiger partial charge in [-0.25, -0.2) is 4.79 Å². The molecule has 3 aliphatic carbocycles. The van der Waals surface area contributed by atoms with Crippen LogP contribution >= 0.6 is 0 Å². The van der Waals surface area contributed by atoms with Crippen molar-refractivity contribution >= 4 is 29.5 Å². The fourth-order valence-corrected chi connectivity index (χ4v) is 7.89. The van der Waals surface area contributed by atoms with Crippen molar-refractivity contribution in [2.45, 2.75) is 123 Å². The monoisotopic (exact) mass is 617 g/mol. The smallest absolute Gasteiger partial charge is 0.315 e. The quantitative estimate of drug-likeness (QED) is 0.247. The van der Waals surface area contributed by atoms with E-state index in [0.29, 0.717) is 19.6 Å². The van der Waals surface area contributed by atoms with Crippen molar-refractivity contribution in [1.29, 1.82) is 0 Å². The van der Waals surface area contributed by atoms with E-state index < -0.39 is 47.2 Å². The fraction of sp³-hybridized carbons (Fsp3) is 0.848. The Bertz CT molecular complexity index is 1120. The SMILES string of the molecule is COCC(NC(=O)NC(C(=O)N1C[C@H]2[C@@H](C1C(=O)NC(CC1CCC1)C(=O)C(N)=O)C2(C)C)C1(C)CCCCC1)C(C)(C)C. The number of rotatable bonds is 12. The Morgan fingerprint density at radius 1 is 0.955 bits per heavy atom. The molecule has 3 saturated carbocycles. The number of hydrogen-bond acceptors (Lipinski definition) is 6. The van der Waals surface area contributed by atoms with E-state index in [0.717, 1.165) is 51.4 Å². The Kier molecular flexibility index (Phi) is 10.1. The number of methoxy groups -OCH3 is 1. The number of hydrogen-bond donors (Lipinski definition) is 4.